The van der Waals surface area contributed by atoms with Crippen LogP contribution in [0.3, 0.4) is 0 Å². The van der Waals surface area contributed by atoms with Crippen molar-refractivity contribution in [3.05, 3.63) is 66.9 Å². The molecule has 27 heavy (non-hydrogen) atoms. The number of pyridine rings is 1. The Morgan fingerprint density at radius 2 is 1.78 bits per heavy atom. The van der Waals surface area contributed by atoms with Gasteiger partial charge in [-0.3, -0.25) is 4.98 Å². The second-order valence-corrected chi connectivity index (χ2v) is 6.00. The van der Waals surface area contributed by atoms with Crippen LogP contribution in [0.15, 0.2) is 61.3 Å². The van der Waals surface area contributed by atoms with E-state index >= 15 is 0 Å². The quantitative estimate of drug-likeness (QED) is 0.565. The molecule has 0 aliphatic heterocycles. The van der Waals surface area contributed by atoms with E-state index in [1.807, 2.05) is 30.3 Å². The number of ether oxygens (including phenoxy) is 2. The van der Waals surface area contributed by atoms with E-state index in [9.17, 15) is 0 Å². The largest absolute Gasteiger partial charge is 0.493 e. The number of methoxy groups -OCH3 is 2. The Bertz CT molecular complexity index is 1050. The summed E-state index contributed by atoms with van der Waals surface area (Å²) in [7, 11) is 3.24. The van der Waals surface area contributed by atoms with Gasteiger partial charge in [0.05, 0.1) is 26.3 Å². The molecule has 0 atom stereocenters. The summed E-state index contributed by atoms with van der Waals surface area (Å²) >= 11 is 0. The third-order valence-electron chi connectivity index (χ3n) is 4.29. The molecule has 0 saturated heterocycles. The fourth-order valence-electron chi connectivity index (χ4n) is 2.93. The van der Waals surface area contributed by atoms with Gasteiger partial charge in [-0.1, -0.05) is 12.1 Å². The van der Waals surface area contributed by atoms with Gasteiger partial charge in [-0.15, -0.1) is 0 Å². The molecule has 0 aliphatic carbocycles. The van der Waals surface area contributed by atoms with E-state index in [1.54, 1.807) is 31.4 Å². The van der Waals surface area contributed by atoms with Gasteiger partial charge >= 0.3 is 0 Å². The molecule has 136 valence electrons. The van der Waals surface area contributed by atoms with Gasteiger partial charge in [0, 0.05) is 29.0 Å². The molecule has 4 rings (SSSR count). The Morgan fingerprint density at radius 3 is 2.48 bits per heavy atom. The van der Waals surface area contributed by atoms with Crippen LogP contribution >= 0.6 is 0 Å². The zero-order valence-electron chi connectivity index (χ0n) is 15.1. The monoisotopic (exact) mass is 361 g/mol. The molecule has 1 N–H and O–H groups in total. The number of rotatable bonds is 6. The molecule has 7 heteroatoms. The summed E-state index contributed by atoms with van der Waals surface area (Å²) in [4.78, 5) is 8.39. The highest BCUT2D eigenvalue weighted by molar-refractivity contribution is 5.95. The van der Waals surface area contributed by atoms with E-state index in [-0.39, 0.29) is 0 Å². The van der Waals surface area contributed by atoms with Crippen molar-refractivity contribution in [2.75, 3.05) is 19.5 Å². The average Bonchev–Trinajstić information content (AvgIpc) is 3.21. The number of fused-ring (bicyclic) bond motifs is 1. The van der Waals surface area contributed by atoms with E-state index in [0.29, 0.717) is 18.0 Å². The zero-order chi connectivity index (χ0) is 18.6. The van der Waals surface area contributed by atoms with Crippen LogP contribution in [0.5, 0.6) is 11.5 Å². The van der Waals surface area contributed by atoms with Crippen molar-refractivity contribution in [3.8, 4) is 11.5 Å². The molecule has 0 aliphatic rings. The molecule has 0 radical (unpaired) electrons. The van der Waals surface area contributed by atoms with Gasteiger partial charge in [-0.25, -0.2) is 9.67 Å². The smallest absolute Gasteiger partial charge is 0.162 e. The van der Waals surface area contributed by atoms with Crippen LogP contribution in [0.4, 0.5) is 11.4 Å². The summed E-state index contributed by atoms with van der Waals surface area (Å²) in [6.07, 6.45) is 5.01. The van der Waals surface area contributed by atoms with Crippen LogP contribution in [0.2, 0.25) is 0 Å². The first-order valence-corrected chi connectivity index (χ1v) is 8.46. The average molecular weight is 361 g/mol. The molecule has 2 aromatic carbocycles. The lowest BCUT2D eigenvalue weighted by atomic mass is 10.1. The van der Waals surface area contributed by atoms with Gasteiger partial charge in [0.15, 0.2) is 11.5 Å². The minimum absolute atomic E-state index is 0.659. The SMILES string of the molecule is COc1cc2nccc(Nc3ccc(Cn4cncn4)cc3)c2cc1OC. The number of benzene rings is 2. The number of nitrogens with zero attached hydrogens (tertiary/aromatic N) is 4. The van der Waals surface area contributed by atoms with Crippen molar-refractivity contribution in [2.45, 2.75) is 6.54 Å². The van der Waals surface area contributed by atoms with Gasteiger partial charge in [0.1, 0.15) is 12.7 Å². The molecule has 2 aromatic heterocycles. The zero-order valence-corrected chi connectivity index (χ0v) is 15.1. The van der Waals surface area contributed by atoms with Crippen LogP contribution in [0.1, 0.15) is 5.56 Å². The Labute approximate surface area is 156 Å². The number of nitrogens with one attached hydrogen (secondary N) is 1. The maximum Gasteiger partial charge on any atom is 0.162 e. The molecule has 0 amide bonds. The van der Waals surface area contributed by atoms with E-state index < -0.39 is 0 Å². The summed E-state index contributed by atoms with van der Waals surface area (Å²) in [5.41, 5.74) is 3.92. The second-order valence-electron chi connectivity index (χ2n) is 6.00. The predicted molar refractivity (Wildman–Crippen MR) is 104 cm³/mol. The molecule has 0 unspecified atom stereocenters. The summed E-state index contributed by atoms with van der Waals surface area (Å²) in [6.45, 7) is 0.690. The standard InChI is InChI=1S/C20H19N5O2/c1-26-19-9-16-17(7-8-22-18(16)10-20(19)27-2)24-15-5-3-14(4-6-15)11-25-13-21-12-23-25/h3-10,12-13H,11H2,1-2H3,(H,22,24). The number of anilines is 2. The lowest BCUT2D eigenvalue weighted by Gasteiger charge is -2.13. The first-order chi connectivity index (χ1) is 13.3. The first-order valence-electron chi connectivity index (χ1n) is 8.46. The summed E-state index contributed by atoms with van der Waals surface area (Å²) in [5, 5.41) is 8.54. The topological polar surface area (TPSA) is 74.1 Å². The molecule has 7 nitrogen and oxygen atoms in total. The van der Waals surface area contributed by atoms with Gasteiger partial charge < -0.3 is 14.8 Å². The minimum Gasteiger partial charge on any atom is -0.493 e. The molecule has 4 aromatic rings. The van der Waals surface area contributed by atoms with Gasteiger partial charge in [0.2, 0.25) is 0 Å². The molecular formula is C20H19N5O2. The van der Waals surface area contributed by atoms with Crippen LogP contribution in [0, 0.1) is 0 Å². The van der Waals surface area contributed by atoms with E-state index in [1.165, 1.54) is 6.33 Å². The fraction of sp³-hybridized carbons (Fsp3) is 0.150. The van der Waals surface area contributed by atoms with Crippen molar-refractivity contribution in [2.24, 2.45) is 0 Å². The molecule has 2 heterocycles. The van der Waals surface area contributed by atoms with Crippen molar-refractivity contribution >= 4 is 22.3 Å². The van der Waals surface area contributed by atoms with Gasteiger partial charge in [-0.05, 0) is 29.8 Å². The van der Waals surface area contributed by atoms with E-state index in [4.69, 9.17) is 9.47 Å². The Balaban J connectivity index is 1.61. The van der Waals surface area contributed by atoms with Crippen LogP contribution in [0.25, 0.3) is 10.9 Å². The molecule has 0 fully saturated rings. The molecule has 0 spiro atoms. The summed E-state index contributed by atoms with van der Waals surface area (Å²) in [6, 6.07) is 14.0. The summed E-state index contributed by atoms with van der Waals surface area (Å²) < 4.78 is 12.6. The second kappa shape index (κ2) is 7.33. The lowest BCUT2D eigenvalue weighted by molar-refractivity contribution is 0.356. The highest BCUT2D eigenvalue weighted by Gasteiger charge is 2.10. The van der Waals surface area contributed by atoms with Crippen molar-refractivity contribution in [3.63, 3.8) is 0 Å². The first kappa shape index (κ1) is 16.8. The molecule has 0 bridgehead atoms. The van der Waals surface area contributed by atoms with Crippen LogP contribution < -0.4 is 14.8 Å². The Kier molecular flexibility index (Phi) is 4.57. The fourth-order valence-corrected chi connectivity index (χ4v) is 2.93. The molecular weight excluding hydrogens is 342 g/mol. The Morgan fingerprint density at radius 1 is 1.00 bits per heavy atom. The highest BCUT2D eigenvalue weighted by atomic mass is 16.5. The van der Waals surface area contributed by atoms with Crippen LogP contribution in [-0.4, -0.2) is 34.0 Å². The van der Waals surface area contributed by atoms with Crippen molar-refractivity contribution in [1.82, 2.24) is 19.7 Å². The van der Waals surface area contributed by atoms with Crippen LogP contribution in [-0.2, 0) is 6.54 Å². The summed E-state index contributed by atoms with van der Waals surface area (Å²) in [5.74, 6) is 1.33. The van der Waals surface area contributed by atoms with Gasteiger partial charge in [-0.2, -0.15) is 5.10 Å². The van der Waals surface area contributed by atoms with Gasteiger partial charge in [0.25, 0.3) is 0 Å². The predicted octanol–water partition coefficient (Wildman–Crippen LogP) is 3.64. The van der Waals surface area contributed by atoms with Crippen molar-refractivity contribution in [1.29, 1.82) is 0 Å². The normalized spacial score (nSPS) is 10.7. The lowest BCUT2D eigenvalue weighted by Crippen LogP contribution is -2.00. The Hall–Kier alpha value is -3.61. The highest BCUT2D eigenvalue weighted by Crippen LogP contribution is 2.35. The minimum atomic E-state index is 0.659. The van der Waals surface area contributed by atoms with E-state index in [2.05, 4.69) is 32.5 Å². The number of hydrogen-bond donors (Lipinski definition) is 1. The third-order valence-corrected chi connectivity index (χ3v) is 4.29. The molecule has 0 saturated carbocycles. The van der Waals surface area contributed by atoms with E-state index in [0.717, 1.165) is 27.8 Å². The third kappa shape index (κ3) is 3.52. The maximum absolute atomic E-state index is 5.42. The number of aromatic nitrogens is 4. The van der Waals surface area contributed by atoms with Crippen molar-refractivity contribution < 1.29 is 9.47 Å². The number of hydrogen-bond acceptors (Lipinski definition) is 6. The maximum atomic E-state index is 5.42.